The average Bonchev–Trinajstić information content (AvgIpc) is 2.49. The SMILES string of the molecule is CC(=O)O[C@@H](CO)COC(=O)[C@H]1C(C)=CC[C@H]2C(C)(C)CCC[C@]12C. The van der Waals surface area contributed by atoms with Gasteiger partial charge >= 0.3 is 11.9 Å². The maximum atomic E-state index is 12.9. The van der Waals surface area contributed by atoms with Crippen molar-refractivity contribution in [3.8, 4) is 0 Å². The maximum Gasteiger partial charge on any atom is 0.313 e. The van der Waals surface area contributed by atoms with E-state index >= 15 is 0 Å². The second kappa shape index (κ2) is 7.48. The van der Waals surface area contributed by atoms with E-state index in [1.54, 1.807) is 0 Å². The molecule has 0 bridgehead atoms. The van der Waals surface area contributed by atoms with E-state index in [-0.39, 0.29) is 35.9 Å². The van der Waals surface area contributed by atoms with Crippen LogP contribution < -0.4 is 0 Å². The van der Waals surface area contributed by atoms with E-state index in [0.29, 0.717) is 5.92 Å². The van der Waals surface area contributed by atoms with Crippen LogP contribution in [0.1, 0.15) is 60.3 Å². The molecule has 0 unspecified atom stereocenters. The van der Waals surface area contributed by atoms with Crippen LogP contribution in [-0.4, -0.2) is 36.4 Å². The summed E-state index contributed by atoms with van der Waals surface area (Å²) in [7, 11) is 0. The highest BCUT2D eigenvalue weighted by Crippen LogP contribution is 2.59. The second-order valence-electron chi connectivity index (χ2n) is 8.56. The Bertz CT molecular complexity index is 550. The summed E-state index contributed by atoms with van der Waals surface area (Å²) in [6, 6.07) is 0. The molecule has 1 fully saturated rings. The van der Waals surface area contributed by atoms with Crippen molar-refractivity contribution in [1.82, 2.24) is 0 Å². The Morgan fingerprint density at radius 1 is 1.32 bits per heavy atom. The Kier molecular flexibility index (Phi) is 5.97. The molecule has 2 aliphatic carbocycles. The highest BCUT2D eigenvalue weighted by atomic mass is 16.6. The summed E-state index contributed by atoms with van der Waals surface area (Å²) in [5.74, 6) is -0.603. The van der Waals surface area contributed by atoms with Crippen LogP contribution in [-0.2, 0) is 19.1 Å². The number of esters is 2. The van der Waals surface area contributed by atoms with E-state index in [9.17, 15) is 14.7 Å². The third-order valence-corrected chi connectivity index (χ3v) is 6.25. The van der Waals surface area contributed by atoms with Crippen molar-refractivity contribution in [2.75, 3.05) is 13.2 Å². The van der Waals surface area contributed by atoms with Crippen LogP contribution in [0.4, 0.5) is 0 Å². The summed E-state index contributed by atoms with van der Waals surface area (Å²) in [6.45, 7) is 9.63. The summed E-state index contributed by atoms with van der Waals surface area (Å²) in [5, 5.41) is 9.28. The van der Waals surface area contributed by atoms with Gasteiger partial charge in [-0.15, -0.1) is 0 Å². The second-order valence-corrected chi connectivity index (χ2v) is 8.56. The molecule has 1 saturated carbocycles. The lowest BCUT2D eigenvalue weighted by molar-refractivity contribution is -0.167. The monoisotopic (exact) mass is 352 g/mol. The van der Waals surface area contributed by atoms with Gasteiger partial charge in [0.25, 0.3) is 0 Å². The Hall–Kier alpha value is -1.36. The number of aliphatic hydroxyl groups excluding tert-OH is 1. The van der Waals surface area contributed by atoms with E-state index in [1.165, 1.54) is 13.3 Å². The largest absolute Gasteiger partial charge is 0.461 e. The van der Waals surface area contributed by atoms with E-state index < -0.39 is 12.1 Å². The molecule has 0 spiro atoms. The van der Waals surface area contributed by atoms with Gasteiger partial charge in [0.15, 0.2) is 6.10 Å². The molecule has 0 aliphatic heterocycles. The minimum atomic E-state index is -0.805. The summed E-state index contributed by atoms with van der Waals surface area (Å²) in [5.41, 5.74) is 1.15. The van der Waals surface area contributed by atoms with Gasteiger partial charge in [-0.2, -0.15) is 0 Å². The molecule has 2 rings (SSSR count). The molecule has 0 heterocycles. The van der Waals surface area contributed by atoms with Gasteiger partial charge in [0.2, 0.25) is 0 Å². The van der Waals surface area contributed by atoms with Crippen LogP contribution in [0.3, 0.4) is 0 Å². The Morgan fingerprint density at radius 2 is 2.00 bits per heavy atom. The topological polar surface area (TPSA) is 72.8 Å². The Balaban J connectivity index is 2.15. The molecule has 0 amide bonds. The number of rotatable bonds is 5. The van der Waals surface area contributed by atoms with Crippen molar-refractivity contribution in [3.05, 3.63) is 11.6 Å². The quantitative estimate of drug-likeness (QED) is 0.607. The van der Waals surface area contributed by atoms with Gasteiger partial charge in [0, 0.05) is 6.92 Å². The van der Waals surface area contributed by atoms with Crippen molar-refractivity contribution in [2.24, 2.45) is 22.7 Å². The lowest BCUT2D eigenvalue weighted by Crippen LogP contribution is -2.51. The Morgan fingerprint density at radius 3 is 2.60 bits per heavy atom. The maximum absolute atomic E-state index is 12.9. The first-order valence-electron chi connectivity index (χ1n) is 9.23. The van der Waals surface area contributed by atoms with Crippen molar-refractivity contribution in [2.45, 2.75) is 66.4 Å². The molecule has 5 heteroatoms. The zero-order valence-corrected chi connectivity index (χ0v) is 16.1. The predicted molar refractivity (Wildman–Crippen MR) is 94.7 cm³/mol. The molecular weight excluding hydrogens is 320 g/mol. The normalized spacial score (nSPS) is 32.2. The third kappa shape index (κ3) is 4.08. The van der Waals surface area contributed by atoms with Crippen LogP contribution in [0, 0.1) is 22.7 Å². The fraction of sp³-hybridized carbons (Fsp3) is 0.800. The Labute approximate surface area is 150 Å². The average molecular weight is 352 g/mol. The van der Waals surface area contributed by atoms with Crippen LogP contribution in [0.5, 0.6) is 0 Å². The zero-order chi connectivity index (χ0) is 18.8. The van der Waals surface area contributed by atoms with Crippen LogP contribution in [0.2, 0.25) is 0 Å². The smallest absolute Gasteiger partial charge is 0.313 e. The summed E-state index contributed by atoms with van der Waals surface area (Å²) in [6.07, 6.45) is 5.69. The summed E-state index contributed by atoms with van der Waals surface area (Å²) >= 11 is 0. The number of carbonyl (C=O) groups excluding carboxylic acids is 2. The van der Waals surface area contributed by atoms with Gasteiger partial charge in [-0.25, -0.2) is 0 Å². The molecular formula is C20H32O5. The van der Waals surface area contributed by atoms with Crippen LogP contribution >= 0.6 is 0 Å². The number of ether oxygens (including phenoxy) is 2. The minimum absolute atomic E-state index is 0.108. The highest BCUT2D eigenvalue weighted by Gasteiger charge is 2.54. The van der Waals surface area contributed by atoms with E-state index in [1.807, 2.05) is 6.92 Å². The van der Waals surface area contributed by atoms with Gasteiger partial charge < -0.3 is 14.6 Å². The highest BCUT2D eigenvalue weighted by molar-refractivity contribution is 5.77. The van der Waals surface area contributed by atoms with Gasteiger partial charge in [-0.1, -0.05) is 38.8 Å². The van der Waals surface area contributed by atoms with E-state index in [0.717, 1.165) is 24.8 Å². The number of hydrogen-bond donors (Lipinski definition) is 1. The fourth-order valence-electron chi connectivity index (χ4n) is 5.11. The standard InChI is InChI=1S/C20H32O5/c1-13-7-8-16-19(3,4)9-6-10-20(16,5)17(13)18(23)24-12-15(11-21)25-14(2)22/h7,15-17,21H,6,8-12H2,1-5H3/t15-,16-,17+,20-/m0/s1. The molecule has 4 atom stereocenters. The molecule has 0 aromatic heterocycles. The number of hydrogen-bond acceptors (Lipinski definition) is 5. The first kappa shape index (κ1) is 20.0. The van der Waals surface area contributed by atoms with Crippen molar-refractivity contribution < 1.29 is 24.2 Å². The van der Waals surface area contributed by atoms with Crippen molar-refractivity contribution in [3.63, 3.8) is 0 Å². The minimum Gasteiger partial charge on any atom is -0.461 e. The molecule has 1 N–H and O–H groups in total. The predicted octanol–water partition coefficient (Wildman–Crippen LogP) is 3.25. The molecule has 0 aromatic rings. The first-order chi connectivity index (χ1) is 11.6. The number of carbonyl (C=O) groups is 2. The lowest BCUT2D eigenvalue weighted by atomic mass is 9.49. The molecule has 0 saturated heterocycles. The van der Waals surface area contributed by atoms with Crippen LogP contribution in [0.15, 0.2) is 11.6 Å². The van der Waals surface area contributed by atoms with Gasteiger partial charge in [0.05, 0.1) is 12.5 Å². The molecule has 2 aliphatic rings. The molecule has 0 radical (unpaired) electrons. The molecule has 25 heavy (non-hydrogen) atoms. The molecule has 142 valence electrons. The summed E-state index contributed by atoms with van der Waals surface area (Å²) in [4.78, 5) is 23.9. The van der Waals surface area contributed by atoms with Crippen molar-refractivity contribution in [1.29, 1.82) is 0 Å². The van der Waals surface area contributed by atoms with E-state index in [2.05, 4.69) is 26.8 Å². The number of fused-ring (bicyclic) bond motifs is 1. The third-order valence-electron chi connectivity index (χ3n) is 6.25. The number of aliphatic hydroxyl groups is 1. The lowest BCUT2D eigenvalue weighted by Gasteiger charge is -2.55. The van der Waals surface area contributed by atoms with Crippen molar-refractivity contribution >= 4 is 11.9 Å². The van der Waals surface area contributed by atoms with Gasteiger partial charge in [-0.05, 0) is 42.9 Å². The number of allylic oxidation sites excluding steroid dienone is 1. The van der Waals surface area contributed by atoms with E-state index in [4.69, 9.17) is 9.47 Å². The van der Waals surface area contributed by atoms with Gasteiger partial charge in [-0.3, -0.25) is 9.59 Å². The fourth-order valence-corrected chi connectivity index (χ4v) is 5.11. The van der Waals surface area contributed by atoms with Gasteiger partial charge in [0.1, 0.15) is 6.61 Å². The zero-order valence-electron chi connectivity index (χ0n) is 16.1. The van der Waals surface area contributed by atoms with Crippen LogP contribution in [0.25, 0.3) is 0 Å². The summed E-state index contributed by atoms with van der Waals surface area (Å²) < 4.78 is 10.4. The molecule has 0 aromatic carbocycles. The first-order valence-corrected chi connectivity index (χ1v) is 9.23. The molecule has 5 nitrogen and oxygen atoms in total.